The number of thioether (sulfide) groups is 1. The van der Waals surface area contributed by atoms with Gasteiger partial charge in [0, 0.05) is 11.8 Å². The quantitative estimate of drug-likeness (QED) is 0.760. The Labute approximate surface area is 111 Å². The Morgan fingerprint density at radius 2 is 1.95 bits per heavy atom. The molecule has 19 heavy (non-hydrogen) atoms. The first-order valence-corrected chi connectivity index (χ1v) is 6.29. The van der Waals surface area contributed by atoms with Crippen LogP contribution in [0.1, 0.15) is 0 Å². The first-order valence-electron chi connectivity index (χ1n) is 5.31. The standard InChI is InChI=1S/C11H9F2N3O2S/c12-6-1-2-8(7(13)5-6)15-9(17)10(18)16-11-14-3-4-19-11/h1-2,5H,3-4H2,(H,15,17)(H,14,16,18). The molecule has 1 aromatic carbocycles. The van der Waals surface area contributed by atoms with Crippen molar-refractivity contribution in [2.45, 2.75) is 0 Å². The number of carbonyl (C=O) groups excluding carboxylic acids is 2. The van der Waals surface area contributed by atoms with Crippen molar-refractivity contribution >= 4 is 34.4 Å². The number of benzene rings is 1. The summed E-state index contributed by atoms with van der Waals surface area (Å²) >= 11 is 1.31. The molecule has 1 aliphatic heterocycles. The molecule has 100 valence electrons. The van der Waals surface area contributed by atoms with E-state index in [2.05, 4.69) is 15.6 Å². The van der Waals surface area contributed by atoms with Gasteiger partial charge in [-0.2, -0.15) is 0 Å². The Morgan fingerprint density at radius 1 is 1.21 bits per heavy atom. The van der Waals surface area contributed by atoms with Gasteiger partial charge in [0.15, 0.2) is 5.17 Å². The van der Waals surface area contributed by atoms with E-state index in [0.29, 0.717) is 17.8 Å². The molecule has 0 atom stereocenters. The van der Waals surface area contributed by atoms with Crippen LogP contribution in [0.5, 0.6) is 0 Å². The van der Waals surface area contributed by atoms with Gasteiger partial charge >= 0.3 is 11.8 Å². The molecule has 0 radical (unpaired) electrons. The molecule has 0 saturated heterocycles. The Kier molecular flexibility index (Phi) is 4.10. The summed E-state index contributed by atoms with van der Waals surface area (Å²) in [6, 6.07) is 2.63. The van der Waals surface area contributed by atoms with Gasteiger partial charge in [-0.1, -0.05) is 11.8 Å². The monoisotopic (exact) mass is 285 g/mol. The van der Waals surface area contributed by atoms with Crippen molar-refractivity contribution in [1.29, 1.82) is 0 Å². The van der Waals surface area contributed by atoms with E-state index < -0.39 is 23.4 Å². The summed E-state index contributed by atoms with van der Waals surface area (Å²) in [4.78, 5) is 26.9. The van der Waals surface area contributed by atoms with Gasteiger partial charge in [0.25, 0.3) is 0 Å². The third kappa shape index (κ3) is 3.50. The van der Waals surface area contributed by atoms with Crippen molar-refractivity contribution in [1.82, 2.24) is 5.32 Å². The number of nitrogens with one attached hydrogen (secondary N) is 2. The molecule has 1 aromatic rings. The minimum absolute atomic E-state index is 0.262. The zero-order valence-corrected chi connectivity index (χ0v) is 10.4. The molecule has 0 aliphatic carbocycles. The Morgan fingerprint density at radius 3 is 2.58 bits per heavy atom. The number of nitrogens with zero attached hydrogens (tertiary/aromatic N) is 1. The second kappa shape index (κ2) is 5.79. The molecule has 2 amide bonds. The van der Waals surface area contributed by atoms with Gasteiger partial charge in [0.1, 0.15) is 11.6 Å². The van der Waals surface area contributed by atoms with Crippen LogP contribution in [0.15, 0.2) is 23.2 Å². The van der Waals surface area contributed by atoms with Crippen LogP contribution in [-0.2, 0) is 9.59 Å². The lowest BCUT2D eigenvalue weighted by molar-refractivity contribution is -0.135. The Bertz CT molecular complexity index is 563. The minimum Gasteiger partial charge on any atom is -0.315 e. The first-order chi connectivity index (χ1) is 9.06. The second-order valence-electron chi connectivity index (χ2n) is 3.57. The van der Waals surface area contributed by atoms with E-state index in [-0.39, 0.29) is 5.69 Å². The highest BCUT2D eigenvalue weighted by molar-refractivity contribution is 8.14. The van der Waals surface area contributed by atoms with E-state index >= 15 is 0 Å². The van der Waals surface area contributed by atoms with Crippen LogP contribution in [0.2, 0.25) is 0 Å². The van der Waals surface area contributed by atoms with Crippen LogP contribution in [-0.4, -0.2) is 29.3 Å². The van der Waals surface area contributed by atoms with E-state index in [0.717, 1.165) is 17.9 Å². The maximum atomic E-state index is 13.3. The summed E-state index contributed by atoms with van der Waals surface area (Å²) < 4.78 is 25.9. The fourth-order valence-electron chi connectivity index (χ4n) is 1.33. The predicted octanol–water partition coefficient (Wildman–Crippen LogP) is 1.12. The maximum absolute atomic E-state index is 13.3. The zero-order valence-electron chi connectivity index (χ0n) is 9.57. The first kappa shape index (κ1) is 13.5. The maximum Gasteiger partial charge on any atom is 0.315 e. The fraction of sp³-hybridized carbons (Fsp3) is 0.182. The summed E-state index contributed by atoms with van der Waals surface area (Å²) in [5.74, 6) is -2.97. The summed E-state index contributed by atoms with van der Waals surface area (Å²) in [7, 11) is 0. The number of carbonyl (C=O) groups is 2. The SMILES string of the molecule is O=C(NC1=NCCS1)C(=O)Nc1ccc(F)cc1F. The van der Waals surface area contributed by atoms with Gasteiger partial charge in [-0.25, -0.2) is 8.78 Å². The van der Waals surface area contributed by atoms with Crippen molar-refractivity contribution in [2.75, 3.05) is 17.6 Å². The zero-order chi connectivity index (χ0) is 13.8. The highest BCUT2D eigenvalue weighted by Gasteiger charge is 2.19. The van der Waals surface area contributed by atoms with Crippen LogP contribution >= 0.6 is 11.8 Å². The lowest BCUT2D eigenvalue weighted by Crippen LogP contribution is -2.37. The molecule has 1 aliphatic rings. The molecule has 0 spiro atoms. The van der Waals surface area contributed by atoms with Crippen molar-refractivity contribution in [3.63, 3.8) is 0 Å². The molecule has 0 saturated carbocycles. The second-order valence-corrected chi connectivity index (χ2v) is 4.65. The largest absolute Gasteiger partial charge is 0.315 e. The summed E-state index contributed by atoms with van der Waals surface area (Å²) in [5, 5.41) is 4.71. The molecule has 2 rings (SSSR count). The Balaban J connectivity index is 1.98. The van der Waals surface area contributed by atoms with Crippen LogP contribution in [0.4, 0.5) is 14.5 Å². The van der Waals surface area contributed by atoms with E-state index in [4.69, 9.17) is 0 Å². The topological polar surface area (TPSA) is 70.6 Å². The third-order valence-electron chi connectivity index (χ3n) is 2.19. The van der Waals surface area contributed by atoms with Crippen LogP contribution < -0.4 is 10.6 Å². The molecular formula is C11H9F2N3O2S. The summed E-state index contributed by atoms with van der Waals surface area (Å²) in [6.07, 6.45) is 0. The average Bonchev–Trinajstić information content (AvgIpc) is 2.85. The molecule has 1 heterocycles. The molecule has 0 bridgehead atoms. The van der Waals surface area contributed by atoms with Gasteiger partial charge in [-0.3, -0.25) is 19.9 Å². The van der Waals surface area contributed by atoms with Gasteiger partial charge in [-0.15, -0.1) is 0 Å². The van der Waals surface area contributed by atoms with Crippen LogP contribution in [0.25, 0.3) is 0 Å². The highest BCUT2D eigenvalue weighted by Crippen LogP contribution is 2.15. The minimum atomic E-state index is -1.04. The van der Waals surface area contributed by atoms with E-state index in [1.807, 2.05) is 0 Å². The van der Waals surface area contributed by atoms with Crippen molar-refractivity contribution in [3.05, 3.63) is 29.8 Å². The molecule has 5 nitrogen and oxygen atoms in total. The summed E-state index contributed by atoms with van der Waals surface area (Å²) in [6.45, 7) is 0.578. The number of aliphatic imine (C=N–C) groups is 1. The predicted molar refractivity (Wildman–Crippen MR) is 67.9 cm³/mol. The van der Waals surface area contributed by atoms with Crippen molar-refractivity contribution in [3.8, 4) is 0 Å². The lowest BCUT2D eigenvalue weighted by atomic mass is 10.3. The number of hydrogen-bond donors (Lipinski definition) is 2. The van der Waals surface area contributed by atoms with E-state index in [1.165, 1.54) is 11.8 Å². The van der Waals surface area contributed by atoms with E-state index in [9.17, 15) is 18.4 Å². The fourth-order valence-corrected chi connectivity index (χ4v) is 2.06. The van der Waals surface area contributed by atoms with Gasteiger partial charge < -0.3 is 5.32 Å². The smallest absolute Gasteiger partial charge is 0.315 e. The molecular weight excluding hydrogens is 276 g/mol. The van der Waals surface area contributed by atoms with Crippen molar-refractivity contribution in [2.24, 2.45) is 4.99 Å². The molecule has 0 aromatic heterocycles. The normalized spacial score (nSPS) is 13.9. The van der Waals surface area contributed by atoms with Crippen molar-refractivity contribution < 1.29 is 18.4 Å². The number of amidine groups is 1. The average molecular weight is 285 g/mol. The third-order valence-corrected chi connectivity index (χ3v) is 3.08. The number of rotatable bonds is 1. The van der Waals surface area contributed by atoms with Gasteiger partial charge in [0.05, 0.1) is 12.2 Å². The van der Waals surface area contributed by atoms with Crippen LogP contribution in [0.3, 0.4) is 0 Å². The molecule has 0 fully saturated rings. The van der Waals surface area contributed by atoms with Gasteiger partial charge in [0.2, 0.25) is 0 Å². The molecule has 0 unspecified atom stereocenters. The van der Waals surface area contributed by atoms with E-state index in [1.54, 1.807) is 0 Å². The molecule has 2 N–H and O–H groups in total. The number of hydrogen-bond acceptors (Lipinski definition) is 4. The number of anilines is 1. The van der Waals surface area contributed by atoms with Gasteiger partial charge in [-0.05, 0) is 12.1 Å². The highest BCUT2D eigenvalue weighted by atomic mass is 32.2. The van der Waals surface area contributed by atoms with Crippen LogP contribution in [0, 0.1) is 11.6 Å². The molecule has 8 heteroatoms. The number of amides is 2. The Hall–Kier alpha value is -1.96. The number of halogens is 2. The summed E-state index contributed by atoms with van der Waals surface area (Å²) in [5.41, 5.74) is -0.262. The lowest BCUT2D eigenvalue weighted by Gasteiger charge is -2.06.